The van der Waals surface area contributed by atoms with Crippen LogP contribution in [0.5, 0.6) is 5.75 Å². The molecule has 0 saturated carbocycles. The lowest BCUT2D eigenvalue weighted by molar-refractivity contribution is 0.198. The Kier molecular flexibility index (Phi) is 5.34. The highest BCUT2D eigenvalue weighted by molar-refractivity contribution is 7.89. The molecule has 0 aliphatic heterocycles. The van der Waals surface area contributed by atoms with Gasteiger partial charge in [-0.05, 0) is 51.0 Å². The van der Waals surface area contributed by atoms with Gasteiger partial charge >= 0.3 is 0 Å². The molecular formula is C13H21NO4S. The summed E-state index contributed by atoms with van der Waals surface area (Å²) < 4.78 is 32.0. The zero-order valence-corrected chi connectivity index (χ0v) is 12.5. The first-order valence-corrected chi connectivity index (χ1v) is 7.68. The van der Waals surface area contributed by atoms with Gasteiger partial charge in [-0.3, -0.25) is 0 Å². The SMILES string of the molecule is CCOc1cc(C)c(S(=O)(=O)NC[C@H](C)O)cc1C. The summed E-state index contributed by atoms with van der Waals surface area (Å²) in [6.45, 7) is 7.46. The smallest absolute Gasteiger partial charge is 0.240 e. The first-order chi connectivity index (χ1) is 8.77. The molecule has 6 heteroatoms. The van der Waals surface area contributed by atoms with Gasteiger partial charge in [-0.1, -0.05) is 0 Å². The van der Waals surface area contributed by atoms with Crippen molar-refractivity contribution < 1.29 is 18.3 Å². The van der Waals surface area contributed by atoms with Crippen molar-refractivity contribution in [2.75, 3.05) is 13.2 Å². The summed E-state index contributed by atoms with van der Waals surface area (Å²) >= 11 is 0. The summed E-state index contributed by atoms with van der Waals surface area (Å²) in [6.07, 6.45) is -0.723. The van der Waals surface area contributed by atoms with Crippen LogP contribution >= 0.6 is 0 Å². The molecule has 1 aromatic carbocycles. The number of nitrogens with one attached hydrogen (secondary N) is 1. The molecule has 1 rings (SSSR count). The van der Waals surface area contributed by atoms with E-state index < -0.39 is 16.1 Å². The van der Waals surface area contributed by atoms with Crippen molar-refractivity contribution in [3.05, 3.63) is 23.3 Å². The molecule has 0 radical (unpaired) electrons. The quantitative estimate of drug-likeness (QED) is 0.828. The van der Waals surface area contributed by atoms with Crippen LogP contribution < -0.4 is 9.46 Å². The van der Waals surface area contributed by atoms with Crippen molar-refractivity contribution in [3.8, 4) is 5.75 Å². The van der Waals surface area contributed by atoms with Gasteiger partial charge in [0.25, 0.3) is 0 Å². The molecule has 0 bridgehead atoms. The Morgan fingerprint density at radius 2 is 1.95 bits per heavy atom. The fourth-order valence-corrected chi connectivity index (χ4v) is 3.10. The zero-order valence-electron chi connectivity index (χ0n) is 11.7. The van der Waals surface area contributed by atoms with E-state index in [2.05, 4.69) is 4.72 Å². The number of ether oxygens (including phenoxy) is 1. The number of hydrogen-bond acceptors (Lipinski definition) is 4. The van der Waals surface area contributed by atoms with Crippen molar-refractivity contribution in [1.82, 2.24) is 4.72 Å². The number of sulfonamides is 1. The molecule has 0 amide bonds. The Morgan fingerprint density at radius 3 is 2.47 bits per heavy atom. The average Bonchev–Trinajstić information content (AvgIpc) is 2.31. The molecule has 0 fully saturated rings. The fraction of sp³-hybridized carbons (Fsp3) is 0.538. The second-order valence-corrected chi connectivity index (χ2v) is 6.25. The summed E-state index contributed by atoms with van der Waals surface area (Å²) in [5, 5.41) is 9.15. The number of aliphatic hydroxyl groups excluding tert-OH is 1. The minimum atomic E-state index is -3.61. The molecule has 0 aromatic heterocycles. The lowest BCUT2D eigenvalue weighted by Crippen LogP contribution is -2.31. The Balaban J connectivity index is 3.10. The Hall–Kier alpha value is -1.11. The van der Waals surface area contributed by atoms with E-state index in [0.717, 1.165) is 5.56 Å². The highest BCUT2D eigenvalue weighted by Gasteiger charge is 2.19. The second-order valence-electron chi connectivity index (χ2n) is 4.52. The van der Waals surface area contributed by atoms with Crippen LogP contribution in [-0.2, 0) is 10.0 Å². The number of aryl methyl sites for hydroxylation is 2. The van der Waals surface area contributed by atoms with Crippen LogP contribution in [0.2, 0.25) is 0 Å². The van der Waals surface area contributed by atoms with Gasteiger partial charge in [0.2, 0.25) is 10.0 Å². The summed E-state index contributed by atoms with van der Waals surface area (Å²) in [4.78, 5) is 0.217. The summed E-state index contributed by atoms with van der Waals surface area (Å²) in [7, 11) is -3.61. The lowest BCUT2D eigenvalue weighted by Gasteiger charge is -2.14. The van der Waals surface area contributed by atoms with Crippen LogP contribution in [0.4, 0.5) is 0 Å². The van der Waals surface area contributed by atoms with E-state index in [1.165, 1.54) is 6.92 Å². The summed E-state index contributed by atoms with van der Waals surface area (Å²) in [5.41, 5.74) is 1.39. The summed E-state index contributed by atoms with van der Waals surface area (Å²) in [5.74, 6) is 0.689. The molecule has 19 heavy (non-hydrogen) atoms. The van der Waals surface area contributed by atoms with Gasteiger partial charge in [0.05, 0.1) is 17.6 Å². The molecule has 2 N–H and O–H groups in total. The van der Waals surface area contributed by atoms with E-state index in [1.807, 2.05) is 6.92 Å². The van der Waals surface area contributed by atoms with E-state index in [1.54, 1.807) is 26.0 Å². The second kappa shape index (κ2) is 6.36. The van der Waals surface area contributed by atoms with Crippen molar-refractivity contribution in [3.63, 3.8) is 0 Å². The van der Waals surface area contributed by atoms with Crippen LogP contribution in [0.3, 0.4) is 0 Å². The monoisotopic (exact) mass is 287 g/mol. The molecule has 0 saturated heterocycles. The highest BCUT2D eigenvalue weighted by atomic mass is 32.2. The molecule has 0 unspecified atom stereocenters. The molecule has 1 aromatic rings. The Bertz CT molecular complexity index is 538. The molecule has 0 aliphatic rings. The Labute approximate surface area is 114 Å². The fourth-order valence-electron chi connectivity index (χ4n) is 1.67. The van der Waals surface area contributed by atoms with Crippen molar-refractivity contribution in [2.24, 2.45) is 0 Å². The summed E-state index contributed by atoms with van der Waals surface area (Å²) in [6, 6.07) is 3.31. The van der Waals surface area contributed by atoms with Crippen LogP contribution in [0, 0.1) is 13.8 Å². The number of hydrogen-bond donors (Lipinski definition) is 2. The predicted octanol–water partition coefficient (Wildman–Crippen LogP) is 1.36. The maximum absolute atomic E-state index is 12.1. The first kappa shape index (κ1) is 15.9. The van der Waals surface area contributed by atoms with Crippen LogP contribution in [0.15, 0.2) is 17.0 Å². The van der Waals surface area contributed by atoms with Gasteiger partial charge in [-0.2, -0.15) is 0 Å². The van der Waals surface area contributed by atoms with E-state index in [-0.39, 0.29) is 11.4 Å². The van der Waals surface area contributed by atoms with E-state index in [0.29, 0.717) is 17.9 Å². The molecule has 5 nitrogen and oxygen atoms in total. The van der Waals surface area contributed by atoms with Gasteiger partial charge in [-0.15, -0.1) is 0 Å². The molecule has 0 aliphatic carbocycles. The van der Waals surface area contributed by atoms with Crippen LogP contribution in [0.1, 0.15) is 25.0 Å². The molecule has 0 spiro atoms. The van der Waals surface area contributed by atoms with Gasteiger partial charge < -0.3 is 9.84 Å². The minimum absolute atomic E-state index is 0.00592. The van der Waals surface area contributed by atoms with E-state index in [4.69, 9.17) is 9.84 Å². The average molecular weight is 287 g/mol. The van der Waals surface area contributed by atoms with Gasteiger partial charge in [0.15, 0.2) is 0 Å². The van der Waals surface area contributed by atoms with E-state index in [9.17, 15) is 8.42 Å². The third-order valence-corrected chi connectivity index (χ3v) is 4.20. The molecular weight excluding hydrogens is 266 g/mol. The highest BCUT2D eigenvalue weighted by Crippen LogP contribution is 2.25. The normalized spacial score (nSPS) is 13.3. The lowest BCUT2D eigenvalue weighted by atomic mass is 10.1. The predicted molar refractivity (Wildman–Crippen MR) is 74.0 cm³/mol. The maximum atomic E-state index is 12.1. The molecule has 108 valence electrons. The van der Waals surface area contributed by atoms with Crippen molar-refractivity contribution in [1.29, 1.82) is 0 Å². The third-order valence-electron chi connectivity index (χ3n) is 2.63. The molecule has 1 atom stereocenters. The number of aliphatic hydroxyl groups is 1. The van der Waals surface area contributed by atoms with Crippen molar-refractivity contribution >= 4 is 10.0 Å². The van der Waals surface area contributed by atoms with Gasteiger partial charge in [0, 0.05) is 6.54 Å². The van der Waals surface area contributed by atoms with Crippen molar-refractivity contribution in [2.45, 2.75) is 38.7 Å². The van der Waals surface area contributed by atoms with E-state index >= 15 is 0 Å². The van der Waals surface area contributed by atoms with Gasteiger partial charge in [-0.25, -0.2) is 13.1 Å². The third kappa shape index (κ3) is 4.19. The number of rotatable bonds is 6. The topological polar surface area (TPSA) is 75.6 Å². The van der Waals surface area contributed by atoms with Crippen LogP contribution in [-0.4, -0.2) is 32.8 Å². The zero-order chi connectivity index (χ0) is 14.6. The largest absolute Gasteiger partial charge is 0.494 e. The maximum Gasteiger partial charge on any atom is 0.240 e. The number of benzene rings is 1. The Morgan fingerprint density at radius 1 is 1.32 bits per heavy atom. The van der Waals surface area contributed by atoms with Gasteiger partial charge in [0.1, 0.15) is 5.75 Å². The first-order valence-electron chi connectivity index (χ1n) is 6.19. The van der Waals surface area contributed by atoms with Crippen LogP contribution in [0.25, 0.3) is 0 Å². The minimum Gasteiger partial charge on any atom is -0.494 e. The molecule has 0 heterocycles. The standard InChI is InChI=1S/C13H21NO4S/c1-5-18-12-6-10(3)13(7-9(12)2)19(16,17)14-8-11(4)15/h6-7,11,14-15H,5,8H2,1-4H3/t11-/m0/s1.